The average Bonchev–Trinajstić information content (AvgIpc) is 2.19. The number of rotatable bonds is 5. The van der Waals surface area contributed by atoms with E-state index in [0.717, 1.165) is 24.0 Å². The first-order chi connectivity index (χ1) is 7.13. The van der Waals surface area contributed by atoms with Gasteiger partial charge in [0, 0.05) is 17.9 Å². The highest BCUT2D eigenvalue weighted by Gasteiger charge is 2.06. The van der Waals surface area contributed by atoms with Crippen LogP contribution in [0.3, 0.4) is 0 Å². The molecule has 0 aliphatic carbocycles. The quantitative estimate of drug-likeness (QED) is 0.740. The van der Waals surface area contributed by atoms with Gasteiger partial charge in [0.15, 0.2) is 0 Å². The maximum Gasteiger partial charge on any atom is 0.137 e. The van der Waals surface area contributed by atoms with Gasteiger partial charge in [0.1, 0.15) is 5.78 Å². The summed E-state index contributed by atoms with van der Waals surface area (Å²) in [6.45, 7) is 4.08. The first-order valence-electron chi connectivity index (χ1n) is 5.40. The lowest BCUT2D eigenvalue weighted by atomic mass is 10.0. The summed E-state index contributed by atoms with van der Waals surface area (Å²) in [5, 5.41) is 0.708. The molecule has 2 heteroatoms. The lowest BCUT2D eigenvalue weighted by Crippen LogP contribution is -2.02. The number of hydrogen-bond donors (Lipinski definition) is 0. The van der Waals surface area contributed by atoms with Gasteiger partial charge in [-0.15, -0.1) is 0 Å². The first kappa shape index (κ1) is 12.3. The van der Waals surface area contributed by atoms with Crippen LogP contribution >= 0.6 is 11.6 Å². The third-order valence-electron chi connectivity index (χ3n) is 2.41. The van der Waals surface area contributed by atoms with Gasteiger partial charge < -0.3 is 0 Å². The smallest absolute Gasteiger partial charge is 0.137 e. The van der Waals surface area contributed by atoms with Crippen LogP contribution in [-0.4, -0.2) is 5.78 Å². The molecule has 1 nitrogen and oxygen atoms in total. The van der Waals surface area contributed by atoms with E-state index in [9.17, 15) is 4.79 Å². The molecule has 1 aromatic carbocycles. The molecular weight excluding hydrogens is 208 g/mol. The highest BCUT2D eigenvalue weighted by atomic mass is 35.5. The summed E-state index contributed by atoms with van der Waals surface area (Å²) >= 11 is 6.06. The number of benzene rings is 1. The molecule has 0 aromatic heterocycles. The van der Waals surface area contributed by atoms with Crippen LogP contribution in [0, 0.1) is 6.92 Å². The largest absolute Gasteiger partial charge is 0.299 e. The standard InChI is InChI=1S/C13H17ClO/c1-3-4-5-12(15)9-11-7-6-10(2)8-13(11)14/h6-8H,3-5,9H2,1-2H3. The van der Waals surface area contributed by atoms with E-state index < -0.39 is 0 Å². The molecule has 0 aliphatic rings. The topological polar surface area (TPSA) is 17.1 Å². The Morgan fingerprint density at radius 3 is 2.73 bits per heavy atom. The van der Waals surface area contributed by atoms with Crippen molar-refractivity contribution in [2.24, 2.45) is 0 Å². The Hall–Kier alpha value is -0.820. The highest BCUT2D eigenvalue weighted by molar-refractivity contribution is 6.31. The predicted molar refractivity (Wildman–Crippen MR) is 64.4 cm³/mol. The third kappa shape index (κ3) is 4.05. The van der Waals surface area contributed by atoms with Crippen LogP contribution in [0.4, 0.5) is 0 Å². The normalized spacial score (nSPS) is 10.3. The number of hydrogen-bond acceptors (Lipinski definition) is 1. The molecule has 1 aromatic rings. The molecule has 0 saturated heterocycles. The molecule has 1 rings (SSSR count). The second-order valence-electron chi connectivity index (χ2n) is 3.91. The van der Waals surface area contributed by atoms with E-state index in [-0.39, 0.29) is 5.78 Å². The number of ketones is 1. The van der Waals surface area contributed by atoms with E-state index in [0.29, 0.717) is 17.9 Å². The van der Waals surface area contributed by atoms with Crippen molar-refractivity contribution in [2.45, 2.75) is 39.5 Å². The number of carbonyl (C=O) groups excluding carboxylic acids is 1. The van der Waals surface area contributed by atoms with Crippen molar-refractivity contribution >= 4 is 17.4 Å². The Morgan fingerprint density at radius 2 is 2.13 bits per heavy atom. The van der Waals surface area contributed by atoms with Gasteiger partial charge in [0.25, 0.3) is 0 Å². The fraction of sp³-hybridized carbons (Fsp3) is 0.462. The minimum Gasteiger partial charge on any atom is -0.299 e. The molecule has 82 valence electrons. The molecule has 0 spiro atoms. The number of unbranched alkanes of at least 4 members (excludes halogenated alkanes) is 1. The van der Waals surface area contributed by atoms with Crippen LogP contribution in [0.5, 0.6) is 0 Å². The monoisotopic (exact) mass is 224 g/mol. The molecule has 0 atom stereocenters. The minimum atomic E-state index is 0.280. The van der Waals surface area contributed by atoms with E-state index in [4.69, 9.17) is 11.6 Å². The van der Waals surface area contributed by atoms with E-state index in [1.54, 1.807) is 0 Å². The van der Waals surface area contributed by atoms with E-state index >= 15 is 0 Å². The van der Waals surface area contributed by atoms with Crippen molar-refractivity contribution in [2.75, 3.05) is 0 Å². The zero-order chi connectivity index (χ0) is 11.3. The van der Waals surface area contributed by atoms with Crippen LogP contribution in [0.2, 0.25) is 5.02 Å². The van der Waals surface area contributed by atoms with Crippen molar-refractivity contribution in [3.63, 3.8) is 0 Å². The lowest BCUT2D eigenvalue weighted by molar-refractivity contribution is -0.118. The van der Waals surface area contributed by atoms with Gasteiger partial charge in [0.05, 0.1) is 0 Å². The Bertz CT molecular complexity index is 344. The van der Waals surface area contributed by atoms with Gasteiger partial charge in [-0.05, 0) is 30.5 Å². The van der Waals surface area contributed by atoms with Crippen molar-refractivity contribution in [1.82, 2.24) is 0 Å². The summed E-state index contributed by atoms with van der Waals surface area (Å²) in [6, 6.07) is 5.85. The molecule has 0 saturated carbocycles. The average molecular weight is 225 g/mol. The van der Waals surface area contributed by atoms with Crippen LogP contribution in [-0.2, 0) is 11.2 Å². The zero-order valence-electron chi connectivity index (χ0n) is 9.35. The fourth-order valence-corrected chi connectivity index (χ4v) is 1.77. The number of Topliss-reactive ketones (excluding diaryl/α,β-unsaturated/α-hetero) is 1. The molecule has 0 fully saturated rings. The van der Waals surface area contributed by atoms with Gasteiger partial charge in [-0.25, -0.2) is 0 Å². The first-order valence-corrected chi connectivity index (χ1v) is 5.78. The molecule has 0 unspecified atom stereocenters. The van der Waals surface area contributed by atoms with E-state index in [2.05, 4.69) is 6.92 Å². The molecule has 0 N–H and O–H groups in total. The fourth-order valence-electron chi connectivity index (χ4n) is 1.47. The number of aryl methyl sites for hydroxylation is 1. The van der Waals surface area contributed by atoms with Gasteiger partial charge >= 0.3 is 0 Å². The SMILES string of the molecule is CCCCC(=O)Cc1ccc(C)cc1Cl. The lowest BCUT2D eigenvalue weighted by Gasteiger charge is -2.04. The van der Waals surface area contributed by atoms with Crippen molar-refractivity contribution < 1.29 is 4.79 Å². The maximum atomic E-state index is 11.5. The van der Waals surface area contributed by atoms with Crippen molar-refractivity contribution in [1.29, 1.82) is 0 Å². The number of halogens is 1. The maximum absolute atomic E-state index is 11.5. The van der Waals surface area contributed by atoms with Crippen LogP contribution < -0.4 is 0 Å². The Kier molecular flexibility index (Phi) is 4.83. The third-order valence-corrected chi connectivity index (χ3v) is 2.76. The molecule has 0 bridgehead atoms. The van der Waals surface area contributed by atoms with Gasteiger partial charge in [-0.3, -0.25) is 4.79 Å². The van der Waals surface area contributed by atoms with Crippen LogP contribution in [0.15, 0.2) is 18.2 Å². The minimum absolute atomic E-state index is 0.280. The summed E-state index contributed by atoms with van der Waals surface area (Å²) in [5.41, 5.74) is 2.08. The Labute approximate surface area is 96.5 Å². The zero-order valence-corrected chi connectivity index (χ0v) is 10.1. The van der Waals surface area contributed by atoms with Crippen molar-refractivity contribution in [3.8, 4) is 0 Å². The van der Waals surface area contributed by atoms with Gasteiger partial charge in [-0.1, -0.05) is 37.1 Å². The Balaban J connectivity index is 2.60. The summed E-state index contributed by atoms with van der Waals surface area (Å²) in [5.74, 6) is 0.280. The van der Waals surface area contributed by atoms with Gasteiger partial charge in [-0.2, -0.15) is 0 Å². The van der Waals surface area contributed by atoms with Crippen molar-refractivity contribution in [3.05, 3.63) is 34.3 Å². The van der Waals surface area contributed by atoms with Gasteiger partial charge in [0.2, 0.25) is 0 Å². The molecule has 0 radical (unpaired) electrons. The van der Waals surface area contributed by atoms with E-state index in [1.807, 2.05) is 25.1 Å². The highest BCUT2D eigenvalue weighted by Crippen LogP contribution is 2.18. The van der Waals surface area contributed by atoms with Crippen LogP contribution in [0.25, 0.3) is 0 Å². The molecular formula is C13H17ClO. The molecule has 15 heavy (non-hydrogen) atoms. The summed E-state index contributed by atoms with van der Waals surface area (Å²) in [7, 11) is 0. The van der Waals surface area contributed by atoms with Crippen LogP contribution in [0.1, 0.15) is 37.3 Å². The summed E-state index contributed by atoms with van der Waals surface area (Å²) in [6.07, 6.45) is 3.18. The summed E-state index contributed by atoms with van der Waals surface area (Å²) in [4.78, 5) is 11.5. The molecule has 0 amide bonds. The second-order valence-corrected chi connectivity index (χ2v) is 4.32. The Morgan fingerprint density at radius 1 is 1.40 bits per heavy atom. The second kappa shape index (κ2) is 5.92. The summed E-state index contributed by atoms with van der Waals surface area (Å²) < 4.78 is 0. The molecule has 0 aliphatic heterocycles. The van der Waals surface area contributed by atoms with E-state index in [1.165, 1.54) is 0 Å². The predicted octanol–water partition coefficient (Wildman–Crippen LogP) is 3.95. The number of carbonyl (C=O) groups is 1. The molecule has 0 heterocycles.